The van der Waals surface area contributed by atoms with Crippen LogP contribution in [0.2, 0.25) is 0 Å². The fourth-order valence-corrected chi connectivity index (χ4v) is 6.60. The lowest BCUT2D eigenvalue weighted by Gasteiger charge is -2.26. The van der Waals surface area contributed by atoms with Crippen molar-refractivity contribution in [1.82, 2.24) is 0 Å². The lowest BCUT2D eigenvalue weighted by Crippen LogP contribution is -2.55. The molecule has 0 radical (unpaired) electrons. The van der Waals surface area contributed by atoms with Gasteiger partial charge in [0.2, 0.25) is 0 Å². The van der Waals surface area contributed by atoms with E-state index in [0.717, 1.165) is 11.6 Å². The summed E-state index contributed by atoms with van der Waals surface area (Å²) < 4.78 is 17.6. The van der Waals surface area contributed by atoms with Gasteiger partial charge in [0.05, 0.1) is 0 Å². The number of unbranched alkanes of at least 4 members (excludes halogenated alkanes) is 18. The van der Waals surface area contributed by atoms with Gasteiger partial charge in [0.15, 0.2) is 0 Å². The molecule has 0 spiro atoms. The Bertz CT molecular complexity index is 519. The van der Waals surface area contributed by atoms with Crippen LogP contribution in [0.15, 0.2) is 30.3 Å². The van der Waals surface area contributed by atoms with E-state index in [-0.39, 0.29) is 0 Å². The average molecular weight is 479 g/mol. The summed E-state index contributed by atoms with van der Waals surface area (Å²) in [5, 5.41) is 1.04. The van der Waals surface area contributed by atoms with E-state index in [1.54, 1.807) is 14.2 Å². The Balaban J connectivity index is 1.86. The third-order valence-electron chi connectivity index (χ3n) is 6.70. The van der Waals surface area contributed by atoms with Crippen LogP contribution in [0.3, 0.4) is 0 Å². The topological polar surface area (TPSA) is 27.7 Å². The van der Waals surface area contributed by atoms with Crippen LogP contribution in [0.5, 0.6) is 0 Å². The average Bonchev–Trinajstić information content (AvgIpc) is 2.86. The van der Waals surface area contributed by atoms with Gasteiger partial charge in [0, 0.05) is 26.0 Å². The summed E-state index contributed by atoms with van der Waals surface area (Å²) in [5.41, 5.74) is 0. The molecule has 0 saturated carbocycles. The predicted molar refractivity (Wildman–Crippen MR) is 145 cm³/mol. The summed E-state index contributed by atoms with van der Waals surface area (Å²) in [7, 11) is 0.654. The third-order valence-corrected chi connectivity index (χ3v) is 9.40. The minimum absolute atomic E-state index is 0.710. The van der Waals surface area contributed by atoms with Crippen LogP contribution in [0, 0.1) is 0 Å². The van der Waals surface area contributed by atoms with Crippen molar-refractivity contribution in [2.24, 2.45) is 0 Å². The molecule has 0 saturated heterocycles. The van der Waals surface area contributed by atoms with Crippen molar-refractivity contribution < 1.29 is 13.3 Å². The fraction of sp³-hybridized carbons (Fsp3) is 0.793. The summed E-state index contributed by atoms with van der Waals surface area (Å²) >= 11 is 0. The Kier molecular flexibility index (Phi) is 20.1. The molecule has 4 heteroatoms. The molecule has 192 valence electrons. The van der Waals surface area contributed by atoms with Crippen LogP contribution < -0.4 is 5.19 Å². The van der Waals surface area contributed by atoms with E-state index in [0.29, 0.717) is 6.61 Å². The molecule has 3 nitrogen and oxygen atoms in total. The molecule has 1 rings (SSSR count). The number of benzene rings is 1. The molecular formula is C29H54O3Si. The van der Waals surface area contributed by atoms with E-state index >= 15 is 0 Å². The predicted octanol–water partition coefficient (Wildman–Crippen LogP) is 8.57. The fourth-order valence-electron chi connectivity index (χ4n) is 4.55. The van der Waals surface area contributed by atoms with E-state index in [1.807, 2.05) is 30.3 Å². The van der Waals surface area contributed by atoms with Gasteiger partial charge in [0.25, 0.3) is 0 Å². The molecule has 1 aromatic carbocycles. The van der Waals surface area contributed by atoms with Gasteiger partial charge in [-0.05, 0) is 6.42 Å². The van der Waals surface area contributed by atoms with Gasteiger partial charge in [-0.2, -0.15) is 0 Å². The smallest absolute Gasteiger partial charge is 0.373 e. The van der Waals surface area contributed by atoms with E-state index in [4.69, 9.17) is 13.3 Å². The molecule has 0 amide bonds. The number of rotatable bonds is 24. The standard InChI is InChI=1S/C29H54O3Si/c1-4-5-6-7-8-9-10-11-12-13-14-15-16-17-18-19-20-21-25-28-32-33(30-2,31-3)29-26-23-22-24-27-29/h22-24,26-27H,4-21,25,28H2,1-3H3. The van der Waals surface area contributed by atoms with Crippen molar-refractivity contribution in [1.29, 1.82) is 0 Å². The van der Waals surface area contributed by atoms with Gasteiger partial charge in [-0.3, -0.25) is 0 Å². The van der Waals surface area contributed by atoms with Gasteiger partial charge >= 0.3 is 8.80 Å². The second-order valence-electron chi connectivity index (χ2n) is 9.54. The quantitative estimate of drug-likeness (QED) is 0.110. The summed E-state index contributed by atoms with van der Waals surface area (Å²) in [6.07, 6.45) is 26.5. The highest BCUT2D eigenvalue weighted by atomic mass is 28.4. The van der Waals surface area contributed by atoms with Gasteiger partial charge < -0.3 is 13.3 Å². The molecule has 0 unspecified atom stereocenters. The highest BCUT2D eigenvalue weighted by molar-refractivity contribution is 6.75. The molecule has 0 aliphatic carbocycles. The molecule has 0 atom stereocenters. The maximum Gasteiger partial charge on any atom is 0.536 e. The molecule has 0 bridgehead atoms. The lowest BCUT2D eigenvalue weighted by molar-refractivity contribution is 0.111. The first-order chi connectivity index (χ1) is 16.3. The van der Waals surface area contributed by atoms with E-state index in [2.05, 4.69) is 6.92 Å². The second-order valence-corrected chi connectivity index (χ2v) is 12.3. The molecule has 0 fully saturated rings. The highest BCUT2D eigenvalue weighted by Crippen LogP contribution is 2.15. The maximum absolute atomic E-state index is 6.14. The highest BCUT2D eigenvalue weighted by Gasteiger charge is 2.41. The van der Waals surface area contributed by atoms with Crippen LogP contribution in [0.4, 0.5) is 0 Å². The van der Waals surface area contributed by atoms with Crippen molar-refractivity contribution in [3.63, 3.8) is 0 Å². The minimum atomic E-state index is -2.73. The van der Waals surface area contributed by atoms with E-state index < -0.39 is 8.80 Å². The number of hydrogen-bond donors (Lipinski definition) is 0. The Hall–Kier alpha value is -0.683. The van der Waals surface area contributed by atoms with Crippen molar-refractivity contribution in [2.75, 3.05) is 20.8 Å². The Morgan fingerprint density at radius 2 is 0.879 bits per heavy atom. The Morgan fingerprint density at radius 3 is 1.24 bits per heavy atom. The molecule has 0 aliphatic heterocycles. The summed E-state index contributed by atoms with van der Waals surface area (Å²) in [6, 6.07) is 10.1. The van der Waals surface area contributed by atoms with E-state index in [9.17, 15) is 0 Å². The van der Waals surface area contributed by atoms with Gasteiger partial charge in [-0.25, -0.2) is 0 Å². The first kappa shape index (κ1) is 30.3. The summed E-state index contributed by atoms with van der Waals surface area (Å²) in [6.45, 7) is 3.00. The van der Waals surface area contributed by atoms with Crippen LogP contribution in [-0.4, -0.2) is 29.6 Å². The molecule has 1 aromatic rings. The van der Waals surface area contributed by atoms with Gasteiger partial charge in [-0.15, -0.1) is 0 Å². The summed E-state index contributed by atoms with van der Waals surface area (Å²) in [5.74, 6) is 0. The zero-order chi connectivity index (χ0) is 23.9. The van der Waals surface area contributed by atoms with Crippen LogP contribution >= 0.6 is 0 Å². The second kappa shape index (κ2) is 21.8. The van der Waals surface area contributed by atoms with Gasteiger partial charge in [0.1, 0.15) is 0 Å². The first-order valence-corrected chi connectivity index (χ1v) is 15.8. The van der Waals surface area contributed by atoms with Crippen molar-refractivity contribution in [2.45, 2.75) is 129 Å². The van der Waals surface area contributed by atoms with E-state index in [1.165, 1.54) is 116 Å². The molecule has 0 N–H and O–H groups in total. The third kappa shape index (κ3) is 15.0. The normalized spacial score (nSPS) is 11.8. The molecule has 0 aromatic heterocycles. The Morgan fingerprint density at radius 1 is 0.515 bits per heavy atom. The zero-order valence-electron chi connectivity index (χ0n) is 22.3. The number of hydrogen-bond acceptors (Lipinski definition) is 3. The van der Waals surface area contributed by atoms with Crippen molar-refractivity contribution in [3.05, 3.63) is 30.3 Å². The van der Waals surface area contributed by atoms with Crippen molar-refractivity contribution in [3.8, 4) is 0 Å². The minimum Gasteiger partial charge on any atom is -0.373 e. The molecule has 33 heavy (non-hydrogen) atoms. The van der Waals surface area contributed by atoms with Crippen LogP contribution in [-0.2, 0) is 13.3 Å². The van der Waals surface area contributed by atoms with Gasteiger partial charge in [-0.1, -0.05) is 153 Å². The largest absolute Gasteiger partial charge is 0.536 e. The maximum atomic E-state index is 6.14. The van der Waals surface area contributed by atoms with Crippen LogP contribution in [0.1, 0.15) is 129 Å². The SMILES string of the molecule is CCCCCCCCCCCCCCCCCCCCCO[Si](OC)(OC)c1ccccc1. The lowest BCUT2D eigenvalue weighted by atomic mass is 10.0. The van der Waals surface area contributed by atoms with Crippen LogP contribution in [0.25, 0.3) is 0 Å². The molecule has 0 heterocycles. The van der Waals surface area contributed by atoms with Crippen molar-refractivity contribution >= 4 is 14.0 Å². The Labute approximate surface area is 207 Å². The zero-order valence-corrected chi connectivity index (χ0v) is 23.3. The monoisotopic (exact) mass is 478 g/mol. The molecule has 0 aliphatic rings. The summed E-state index contributed by atoms with van der Waals surface area (Å²) in [4.78, 5) is 0. The first-order valence-electron chi connectivity index (χ1n) is 14.1. The molecular weight excluding hydrogens is 424 g/mol.